The zero-order valence-electron chi connectivity index (χ0n) is 12.8. The molecule has 1 aliphatic rings. The van der Waals surface area contributed by atoms with E-state index in [4.69, 9.17) is 5.11 Å². The molecule has 1 fully saturated rings. The highest BCUT2D eigenvalue weighted by Gasteiger charge is 2.29. The summed E-state index contributed by atoms with van der Waals surface area (Å²) in [4.78, 5) is 36.6. The van der Waals surface area contributed by atoms with Gasteiger partial charge in [-0.05, 0) is 38.0 Å². The average Bonchev–Trinajstić information content (AvgIpc) is 2.84. The lowest BCUT2D eigenvalue weighted by molar-refractivity contribution is -0.143. The number of carbonyl (C=O) groups excluding carboxylic acids is 2. The Labute approximate surface area is 129 Å². The summed E-state index contributed by atoms with van der Waals surface area (Å²) in [5.41, 5.74) is -0.0904. The van der Waals surface area contributed by atoms with Crippen molar-refractivity contribution in [2.75, 3.05) is 6.54 Å². The summed E-state index contributed by atoms with van der Waals surface area (Å²) in [6.45, 7) is 4.07. The molecular formula is C16H20N2O4. The quantitative estimate of drug-likeness (QED) is 0.861. The number of hydrogen-bond donors (Lipinski definition) is 2. The molecule has 22 heavy (non-hydrogen) atoms. The van der Waals surface area contributed by atoms with Gasteiger partial charge in [-0.2, -0.15) is 0 Å². The van der Waals surface area contributed by atoms with E-state index in [9.17, 15) is 14.4 Å². The van der Waals surface area contributed by atoms with E-state index in [2.05, 4.69) is 5.32 Å². The molecule has 1 aliphatic heterocycles. The van der Waals surface area contributed by atoms with E-state index in [0.717, 1.165) is 18.5 Å². The first kappa shape index (κ1) is 16.0. The first-order chi connectivity index (χ1) is 10.3. The van der Waals surface area contributed by atoms with Crippen molar-refractivity contribution < 1.29 is 19.5 Å². The number of carbonyl (C=O) groups is 3. The number of rotatable bonds is 5. The van der Waals surface area contributed by atoms with Crippen LogP contribution in [0.4, 0.5) is 0 Å². The Hall–Kier alpha value is -2.37. The molecule has 1 aromatic rings. The lowest BCUT2D eigenvalue weighted by Crippen LogP contribution is -2.49. The normalized spacial score (nSPS) is 15.0. The van der Waals surface area contributed by atoms with E-state index in [1.807, 2.05) is 6.07 Å². The summed E-state index contributed by atoms with van der Waals surface area (Å²) >= 11 is 0. The second kappa shape index (κ2) is 6.17. The molecule has 0 unspecified atom stereocenters. The van der Waals surface area contributed by atoms with E-state index < -0.39 is 17.4 Å². The smallest absolute Gasteiger partial charge is 0.328 e. The van der Waals surface area contributed by atoms with Gasteiger partial charge in [-0.25, -0.2) is 4.79 Å². The van der Waals surface area contributed by atoms with Crippen LogP contribution in [0, 0.1) is 0 Å². The van der Waals surface area contributed by atoms with Crippen molar-refractivity contribution in [1.82, 2.24) is 10.2 Å². The molecule has 0 spiro atoms. The molecule has 2 N–H and O–H groups in total. The second-order valence-electron chi connectivity index (χ2n) is 6.00. The molecule has 0 radical (unpaired) electrons. The van der Waals surface area contributed by atoms with Gasteiger partial charge in [-0.1, -0.05) is 12.1 Å². The molecule has 6 nitrogen and oxygen atoms in total. The summed E-state index contributed by atoms with van der Waals surface area (Å²) in [5.74, 6) is -1.41. The lowest BCUT2D eigenvalue weighted by Gasteiger charge is -2.21. The molecule has 0 atom stereocenters. The summed E-state index contributed by atoms with van der Waals surface area (Å²) in [6, 6.07) is 6.91. The van der Waals surface area contributed by atoms with E-state index in [1.54, 1.807) is 23.1 Å². The van der Waals surface area contributed by atoms with Gasteiger partial charge >= 0.3 is 5.97 Å². The SMILES string of the molecule is CC(C)(NC(=O)c1cccc(CN2CCCC2=O)c1)C(=O)O. The van der Waals surface area contributed by atoms with Gasteiger partial charge in [-0.15, -0.1) is 0 Å². The van der Waals surface area contributed by atoms with Gasteiger partial charge in [0.25, 0.3) is 5.91 Å². The predicted molar refractivity (Wildman–Crippen MR) is 80.3 cm³/mol. The minimum absolute atomic E-state index is 0.127. The second-order valence-corrected chi connectivity index (χ2v) is 6.00. The standard InChI is InChI=1S/C16H20N2O4/c1-16(2,15(21)22)17-14(20)12-6-3-5-11(9-12)10-18-8-4-7-13(18)19/h3,5-6,9H,4,7-8,10H2,1-2H3,(H,17,20)(H,21,22). The lowest BCUT2D eigenvalue weighted by atomic mass is 10.0. The van der Waals surface area contributed by atoms with Gasteiger partial charge in [0.15, 0.2) is 0 Å². The molecular weight excluding hydrogens is 284 g/mol. The zero-order valence-corrected chi connectivity index (χ0v) is 12.8. The first-order valence-corrected chi connectivity index (χ1v) is 7.22. The van der Waals surface area contributed by atoms with Crippen LogP contribution in [-0.2, 0) is 16.1 Å². The molecule has 6 heteroatoms. The predicted octanol–water partition coefficient (Wildman–Crippen LogP) is 1.40. The third-order valence-electron chi connectivity index (χ3n) is 3.69. The van der Waals surface area contributed by atoms with Crippen LogP contribution in [-0.4, -0.2) is 39.9 Å². The van der Waals surface area contributed by atoms with Gasteiger partial charge in [0, 0.05) is 25.1 Å². The number of carboxylic acid groups (broad SMARTS) is 1. The topological polar surface area (TPSA) is 86.7 Å². The van der Waals surface area contributed by atoms with Crippen LogP contribution in [0.5, 0.6) is 0 Å². The average molecular weight is 304 g/mol. The van der Waals surface area contributed by atoms with Crippen LogP contribution in [0.15, 0.2) is 24.3 Å². The van der Waals surface area contributed by atoms with Crippen LogP contribution in [0.2, 0.25) is 0 Å². The third kappa shape index (κ3) is 3.63. The summed E-state index contributed by atoms with van der Waals surface area (Å²) < 4.78 is 0. The molecule has 2 rings (SSSR count). The zero-order chi connectivity index (χ0) is 16.3. The fourth-order valence-corrected chi connectivity index (χ4v) is 2.31. The number of carboxylic acids is 1. The minimum atomic E-state index is -1.34. The minimum Gasteiger partial charge on any atom is -0.480 e. The Balaban J connectivity index is 2.09. The molecule has 1 aromatic carbocycles. The maximum Gasteiger partial charge on any atom is 0.328 e. The number of nitrogens with zero attached hydrogens (tertiary/aromatic N) is 1. The summed E-state index contributed by atoms with van der Waals surface area (Å²) in [5, 5.41) is 11.5. The van der Waals surface area contributed by atoms with E-state index in [0.29, 0.717) is 18.5 Å². The van der Waals surface area contributed by atoms with Gasteiger partial charge in [-0.3, -0.25) is 9.59 Å². The van der Waals surface area contributed by atoms with Gasteiger partial charge in [0.2, 0.25) is 5.91 Å². The van der Waals surface area contributed by atoms with Crippen LogP contribution in [0.3, 0.4) is 0 Å². The highest BCUT2D eigenvalue weighted by Crippen LogP contribution is 2.15. The molecule has 2 amide bonds. The summed E-state index contributed by atoms with van der Waals surface area (Å²) in [6.07, 6.45) is 1.44. The van der Waals surface area contributed by atoms with E-state index in [1.165, 1.54) is 13.8 Å². The van der Waals surface area contributed by atoms with Gasteiger partial charge in [0.05, 0.1) is 0 Å². The van der Waals surface area contributed by atoms with Crippen molar-refractivity contribution in [3.63, 3.8) is 0 Å². The fourth-order valence-electron chi connectivity index (χ4n) is 2.31. The third-order valence-corrected chi connectivity index (χ3v) is 3.69. The van der Waals surface area contributed by atoms with Gasteiger partial charge in [0.1, 0.15) is 5.54 Å². The Morgan fingerprint density at radius 1 is 1.36 bits per heavy atom. The Morgan fingerprint density at radius 2 is 2.09 bits per heavy atom. The number of benzene rings is 1. The van der Waals surface area contributed by atoms with Crippen LogP contribution in [0.25, 0.3) is 0 Å². The Kier molecular flexibility index (Phi) is 4.49. The highest BCUT2D eigenvalue weighted by molar-refractivity contribution is 5.97. The number of aliphatic carboxylic acids is 1. The molecule has 0 aliphatic carbocycles. The Bertz CT molecular complexity index is 610. The molecule has 1 saturated heterocycles. The van der Waals surface area contributed by atoms with Crippen molar-refractivity contribution in [3.05, 3.63) is 35.4 Å². The van der Waals surface area contributed by atoms with Crippen LogP contribution < -0.4 is 5.32 Å². The molecule has 0 saturated carbocycles. The fraction of sp³-hybridized carbons (Fsp3) is 0.438. The first-order valence-electron chi connectivity index (χ1n) is 7.22. The number of likely N-dealkylation sites (tertiary alicyclic amines) is 1. The Morgan fingerprint density at radius 3 is 2.68 bits per heavy atom. The van der Waals surface area contributed by atoms with Gasteiger partial charge < -0.3 is 15.3 Å². The largest absolute Gasteiger partial charge is 0.480 e. The van der Waals surface area contributed by atoms with Crippen molar-refractivity contribution in [2.24, 2.45) is 0 Å². The molecule has 0 aromatic heterocycles. The number of nitrogens with one attached hydrogen (secondary N) is 1. The van der Waals surface area contributed by atoms with Crippen molar-refractivity contribution in [3.8, 4) is 0 Å². The van der Waals surface area contributed by atoms with Crippen molar-refractivity contribution >= 4 is 17.8 Å². The maximum atomic E-state index is 12.2. The molecule has 1 heterocycles. The van der Waals surface area contributed by atoms with Crippen molar-refractivity contribution in [1.29, 1.82) is 0 Å². The molecule has 0 bridgehead atoms. The van der Waals surface area contributed by atoms with Crippen molar-refractivity contribution in [2.45, 2.75) is 38.8 Å². The maximum absolute atomic E-state index is 12.2. The molecule has 118 valence electrons. The van der Waals surface area contributed by atoms with Crippen LogP contribution >= 0.6 is 0 Å². The monoisotopic (exact) mass is 304 g/mol. The highest BCUT2D eigenvalue weighted by atomic mass is 16.4. The van der Waals surface area contributed by atoms with E-state index in [-0.39, 0.29) is 5.91 Å². The van der Waals surface area contributed by atoms with Crippen LogP contribution in [0.1, 0.15) is 42.6 Å². The van der Waals surface area contributed by atoms with E-state index >= 15 is 0 Å². The summed E-state index contributed by atoms with van der Waals surface area (Å²) in [7, 11) is 0. The number of amides is 2. The number of hydrogen-bond acceptors (Lipinski definition) is 3.